The van der Waals surface area contributed by atoms with E-state index in [1.165, 1.54) is 19.2 Å². The molecule has 1 N–H and O–H groups in total. The van der Waals surface area contributed by atoms with Crippen LogP contribution in [0.15, 0.2) is 29.2 Å². The lowest BCUT2D eigenvalue weighted by atomic mass is 9.99. The van der Waals surface area contributed by atoms with Gasteiger partial charge in [-0.1, -0.05) is 24.6 Å². The topological polar surface area (TPSA) is 137 Å². The normalized spacial score (nSPS) is 12.9. The van der Waals surface area contributed by atoms with Gasteiger partial charge in [-0.3, -0.25) is 4.18 Å². The third-order valence-corrected chi connectivity index (χ3v) is 7.54. The molecule has 1 aromatic rings. The van der Waals surface area contributed by atoms with Gasteiger partial charge in [0, 0.05) is 13.7 Å². The predicted molar refractivity (Wildman–Crippen MR) is 169 cm³/mol. The van der Waals surface area contributed by atoms with Gasteiger partial charge >= 0.3 is 23.7 Å². The van der Waals surface area contributed by atoms with Crippen LogP contribution in [0.2, 0.25) is 0 Å². The largest absolute Gasteiger partial charge is 0.390 e. The first kappa shape index (κ1) is 50.2. The molecule has 0 radical (unpaired) electrons. The maximum Gasteiger partial charge on any atom is 0.380 e. The van der Waals surface area contributed by atoms with Gasteiger partial charge in [-0.2, -0.15) is 43.5 Å². The Balaban J connectivity index is 0.00000103. The Bertz CT molecular complexity index is 1130. The van der Waals surface area contributed by atoms with Gasteiger partial charge in [0.15, 0.2) is 0 Å². The molecule has 0 amide bonds. The molecule has 0 aromatic heterocycles. The minimum absolute atomic E-state index is 0.00518. The molecule has 0 spiro atoms. The van der Waals surface area contributed by atoms with Crippen LogP contribution < -0.4 is 0 Å². The Morgan fingerprint density at radius 1 is 0.558 bits per heavy atom. The minimum atomic E-state index is -6.50. The van der Waals surface area contributed by atoms with E-state index >= 15 is 0 Å². The fourth-order valence-electron chi connectivity index (χ4n) is 3.31. The van der Waals surface area contributed by atoms with Gasteiger partial charge in [0.25, 0.3) is 10.1 Å². The number of benzene rings is 1. The third-order valence-electron chi connectivity index (χ3n) is 6.21. The molecule has 12 nitrogen and oxygen atoms in total. The highest BCUT2D eigenvalue weighted by molar-refractivity contribution is 7.86. The zero-order chi connectivity index (χ0) is 39.6. The van der Waals surface area contributed by atoms with E-state index in [0.717, 1.165) is 18.6 Å². The van der Waals surface area contributed by atoms with Gasteiger partial charge in [0.1, 0.15) is 13.2 Å². The number of ether oxygens (including phenoxy) is 8. The number of rotatable bonds is 31. The molecule has 0 saturated carbocycles. The molecular weight excluding hydrogens is 748 g/mol. The Morgan fingerprint density at radius 2 is 0.923 bits per heavy atom. The first-order valence-corrected chi connectivity index (χ1v) is 17.5. The smallest absolute Gasteiger partial charge is 0.380 e. The van der Waals surface area contributed by atoms with Crippen molar-refractivity contribution in [2.24, 2.45) is 0 Å². The Morgan fingerprint density at radius 3 is 1.33 bits per heavy atom. The van der Waals surface area contributed by atoms with Crippen molar-refractivity contribution in [1.29, 1.82) is 0 Å². The van der Waals surface area contributed by atoms with Crippen molar-refractivity contribution in [1.82, 2.24) is 0 Å². The highest BCUT2D eigenvalue weighted by atomic mass is 32.2. The summed E-state index contributed by atoms with van der Waals surface area (Å²) in [4.78, 5) is 0.151. The molecule has 1 rings (SSSR count). The summed E-state index contributed by atoms with van der Waals surface area (Å²) in [7, 11) is -2.20. The number of methoxy groups -OCH3 is 1. The van der Waals surface area contributed by atoms with Crippen LogP contribution in [0.4, 0.5) is 35.1 Å². The fourth-order valence-corrected chi connectivity index (χ4v) is 4.21. The molecule has 0 unspecified atom stereocenters. The van der Waals surface area contributed by atoms with E-state index in [9.17, 15) is 43.5 Å². The lowest BCUT2D eigenvalue weighted by Crippen LogP contribution is -2.64. The second kappa shape index (κ2) is 26.9. The summed E-state index contributed by atoms with van der Waals surface area (Å²) in [5, 5.41) is 8.08. The van der Waals surface area contributed by atoms with Crippen LogP contribution in [-0.2, 0) is 52.2 Å². The molecular formula is C31H50F8O12S. The molecule has 52 heavy (non-hydrogen) atoms. The first-order chi connectivity index (χ1) is 24.4. The monoisotopic (exact) mass is 798 g/mol. The van der Waals surface area contributed by atoms with Crippen LogP contribution in [0.1, 0.15) is 18.9 Å². The highest BCUT2D eigenvalue weighted by Gasteiger charge is 2.80. The zero-order valence-electron chi connectivity index (χ0n) is 29.4. The van der Waals surface area contributed by atoms with Crippen molar-refractivity contribution in [2.75, 3.05) is 119 Å². The van der Waals surface area contributed by atoms with Gasteiger partial charge in [0.2, 0.25) is 0 Å². The number of halogens is 8. The minimum Gasteiger partial charge on any atom is -0.390 e. The SMILES string of the molecule is CCCOCCOCCOCCOS(=O)(=O)c1ccc(C)cc1.COCCOCCOCCOCCOCC(F)(F)C(F)(F)C(F)(F)C(F)(F)CO. The summed E-state index contributed by atoms with van der Waals surface area (Å²) in [6, 6.07) is 6.52. The van der Waals surface area contributed by atoms with Crippen molar-refractivity contribution in [3.63, 3.8) is 0 Å². The molecule has 0 aliphatic heterocycles. The number of alkyl halides is 8. The second-order valence-electron chi connectivity index (χ2n) is 10.5. The molecule has 308 valence electrons. The Labute approximate surface area is 299 Å². The van der Waals surface area contributed by atoms with Gasteiger partial charge in [-0.25, -0.2) is 0 Å². The van der Waals surface area contributed by atoms with E-state index in [4.69, 9.17) is 42.4 Å². The van der Waals surface area contributed by atoms with Crippen LogP contribution in [0.5, 0.6) is 0 Å². The van der Waals surface area contributed by atoms with Gasteiger partial charge in [-0.05, 0) is 25.5 Å². The highest BCUT2D eigenvalue weighted by Crippen LogP contribution is 2.52. The van der Waals surface area contributed by atoms with Crippen molar-refractivity contribution in [3.8, 4) is 0 Å². The molecule has 0 saturated heterocycles. The van der Waals surface area contributed by atoms with Crippen LogP contribution in [0.3, 0.4) is 0 Å². The first-order valence-electron chi connectivity index (χ1n) is 16.0. The second-order valence-corrected chi connectivity index (χ2v) is 12.1. The van der Waals surface area contributed by atoms with E-state index in [0.29, 0.717) is 46.2 Å². The van der Waals surface area contributed by atoms with Crippen LogP contribution >= 0.6 is 0 Å². The van der Waals surface area contributed by atoms with Crippen molar-refractivity contribution < 1.29 is 90.7 Å². The van der Waals surface area contributed by atoms with E-state index < -0.39 is 53.6 Å². The molecule has 0 fully saturated rings. The quantitative estimate of drug-likeness (QED) is 0.0648. The summed E-state index contributed by atoms with van der Waals surface area (Å²) in [6.45, 7) is 2.23. The number of hydrogen-bond acceptors (Lipinski definition) is 12. The Hall–Kier alpha value is -1.79. The molecule has 1 aromatic carbocycles. The molecule has 0 aliphatic carbocycles. The standard InChI is InChI=1S/C16H26O6S.C15H24F8O6/c1-3-8-19-9-10-20-11-12-21-13-14-22-23(17,18)16-6-4-15(2)5-7-16;1-25-2-3-26-4-5-27-6-7-28-8-9-29-11-13(18,19)15(22,23)14(20,21)12(16,17)10-24/h4-7H,3,8-14H2,1-2H3;24H,2-11H2,1H3. The Kier molecular flexibility index (Phi) is 26.0. The summed E-state index contributed by atoms with van der Waals surface area (Å²) in [5.74, 6) is -24.3. The van der Waals surface area contributed by atoms with E-state index in [2.05, 4.69) is 11.7 Å². The number of aryl methyl sites for hydroxylation is 1. The number of aliphatic hydroxyl groups excluding tert-OH is 1. The van der Waals surface area contributed by atoms with E-state index in [-0.39, 0.29) is 44.5 Å². The zero-order valence-corrected chi connectivity index (χ0v) is 30.2. The van der Waals surface area contributed by atoms with Crippen molar-refractivity contribution in [3.05, 3.63) is 29.8 Å². The van der Waals surface area contributed by atoms with Crippen molar-refractivity contribution >= 4 is 10.1 Å². The fraction of sp³-hybridized carbons (Fsp3) is 0.806. The van der Waals surface area contributed by atoms with Crippen LogP contribution in [0.25, 0.3) is 0 Å². The molecule has 0 bridgehead atoms. The maximum atomic E-state index is 13.3. The molecule has 21 heteroatoms. The van der Waals surface area contributed by atoms with E-state index in [1.807, 2.05) is 6.92 Å². The lowest BCUT2D eigenvalue weighted by molar-refractivity contribution is -0.375. The molecule has 0 heterocycles. The average Bonchev–Trinajstić information content (AvgIpc) is 3.09. The maximum absolute atomic E-state index is 13.3. The summed E-state index contributed by atoms with van der Waals surface area (Å²) < 4.78 is 173. The van der Waals surface area contributed by atoms with Gasteiger partial charge in [0.05, 0.1) is 97.4 Å². The summed E-state index contributed by atoms with van der Waals surface area (Å²) in [6.07, 6.45) is 0.995. The molecule has 0 atom stereocenters. The summed E-state index contributed by atoms with van der Waals surface area (Å²) in [5.41, 5.74) is 0.993. The molecule has 0 aliphatic rings. The predicted octanol–water partition coefficient (Wildman–Crippen LogP) is 4.39. The lowest BCUT2D eigenvalue weighted by Gasteiger charge is -2.35. The van der Waals surface area contributed by atoms with Crippen molar-refractivity contribution in [2.45, 2.75) is 48.9 Å². The number of hydrogen-bond donors (Lipinski definition) is 1. The average molecular weight is 799 g/mol. The third kappa shape index (κ3) is 19.5. The van der Waals surface area contributed by atoms with Crippen LogP contribution in [-0.4, -0.2) is 157 Å². The van der Waals surface area contributed by atoms with Gasteiger partial charge in [-0.15, -0.1) is 0 Å². The summed E-state index contributed by atoms with van der Waals surface area (Å²) >= 11 is 0. The van der Waals surface area contributed by atoms with Gasteiger partial charge < -0.3 is 43.0 Å². The van der Waals surface area contributed by atoms with E-state index in [1.54, 1.807) is 12.1 Å². The van der Waals surface area contributed by atoms with Crippen LogP contribution in [0, 0.1) is 6.92 Å². The number of aliphatic hydroxyl groups is 1.